The van der Waals surface area contributed by atoms with Gasteiger partial charge in [0.25, 0.3) is 11.1 Å². The third-order valence-electron chi connectivity index (χ3n) is 2.81. The van der Waals surface area contributed by atoms with E-state index in [1.165, 1.54) is 5.56 Å². The molecule has 1 aliphatic heterocycles. The molecule has 0 spiro atoms. The number of benzene rings is 1. The fourth-order valence-electron chi connectivity index (χ4n) is 1.73. The first-order chi connectivity index (χ1) is 9.15. The van der Waals surface area contributed by atoms with Gasteiger partial charge in [0, 0.05) is 0 Å². The monoisotopic (exact) mass is 271 g/mol. The summed E-state index contributed by atoms with van der Waals surface area (Å²) in [5.41, 5.74) is 2.14. The van der Waals surface area contributed by atoms with Gasteiger partial charge in [-0.3, -0.25) is 14.5 Å². The molecule has 0 aromatic heterocycles. The average Bonchev–Trinajstić information content (AvgIpc) is 2.68. The van der Waals surface area contributed by atoms with E-state index in [9.17, 15) is 9.59 Å². The molecule has 0 bridgehead atoms. The Bertz CT molecular complexity index is 581. The predicted octanol–water partition coefficient (Wildman–Crippen LogP) is 2.92. The lowest BCUT2D eigenvalue weighted by molar-refractivity contribution is -0.122. The van der Waals surface area contributed by atoms with E-state index in [4.69, 9.17) is 6.42 Å². The SMILES string of the molecule is C#CCN1C(=O)SC(=Cc2ccc(CC)cc2)C1=O. The highest BCUT2D eigenvalue weighted by molar-refractivity contribution is 8.18. The molecule has 1 aliphatic rings. The average molecular weight is 271 g/mol. The van der Waals surface area contributed by atoms with Gasteiger partial charge in [-0.15, -0.1) is 6.42 Å². The standard InChI is InChI=1S/C15H13NO2S/c1-3-9-16-14(17)13(19-15(16)18)10-12-7-5-11(4-2)6-8-12/h1,5-8,10H,4,9H2,2H3. The molecule has 1 heterocycles. The van der Waals surface area contributed by atoms with Gasteiger partial charge in [0.15, 0.2) is 0 Å². The van der Waals surface area contributed by atoms with Crippen LogP contribution in [0.4, 0.5) is 4.79 Å². The molecule has 4 heteroatoms. The topological polar surface area (TPSA) is 37.4 Å². The van der Waals surface area contributed by atoms with Gasteiger partial charge in [-0.2, -0.15) is 0 Å². The molecule has 0 N–H and O–H groups in total. The van der Waals surface area contributed by atoms with E-state index < -0.39 is 0 Å². The third kappa shape index (κ3) is 2.88. The number of rotatable bonds is 3. The summed E-state index contributed by atoms with van der Waals surface area (Å²) < 4.78 is 0. The van der Waals surface area contributed by atoms with E-state index in [1.807, 2.05) is 24.3 Å². The molecule has 0 radical (unpaired) electrons. The molecule has 0 unspecified atom stereocenters. The lowest BCUT2D eigenvalue weighted by Crippen LogP contribution is -2.28. The number of hydrogen-bond donors (Lipinski definition) is 0. The number of thioether (sulfide) groups is 1. The molecule has 96 valence electrons. The van der Waals surface area contributed by atoms with Crippen molar-refractivity contribution in [3.8, 4) is 12.3 Å². The maximum Gasteiger partial charge on any atom is 0.294 e. The third-order valence-corrected chi connectivity index (χ3v) is 3.72. The molecule has 1 saturated heterocycles. The second-order valence-corrected chi connectivity index (χ2v) is 5.06. The number of carbonyl (C=O) groups excluding carboxylic acids is 2. The van der Waals surface area contributed by atoms with Gasteiger partial charge < -0.3 is 0 Å². The Labute approximate surface area is 116 Å². The fraction of sp³-hybridized carbons (Fsp3) is 0.200. The van der Waals surface area contributed by atoms with Crippen LogP contribution in [0.3, 0.4) is 0 Å². The van der Waals surface area contributed by atoms with Gasteiger partial charge in [0.2, 0.25) is 0 Å². The van der Waals surface area contributed by atoms with E-state index >= 15 is 0 Å². The van der Waals surface area contributed by atoms with Crippen LogP contribution in [0.15, 0.2) is 29.2 Å². The van der Waals surface area contributed by atoms with E-state index in [1.54, 1.807) is 6.08 Å². The quantitative estimate of drug-likeness (QED) is 0.626. The lowest BCUT2D eigenvalue weighted by atomic mass is 10.1. The van der Waals surface area contributed by atoms with Crippen LogP contribution in [-0.2, 0) is 11.2 Å². The highest BCUT2D eigenvalue weighted by Crippen LogP contribution is 2.31. The number of terminal acetylenes is 1. The highest BCUT2D eigenvalue weighted by Gasteiger charge is 2.34. The zero-order valence-corrected chi connectivity index (χ0v) is 11.4. The van der Waals surface area contributed by atoms with Crippen LogP contribution in [0.1, 0.15) is 18.1 Å². The second-order valence-electron chi connectivity index (χ2n) is 4.07. The molecular formula is C15H13NO2S. The van der Waals surface area contributed by atoms with Crippen molar-refractivity contribution in [1.82, 2.24) is 4.90 Å². The van der Waals surface area contributed by atoms with E-state index in [-0.39, 0.29) is 17.7 Å². The van der Waals surface area contributed by atoms with Crippen molar-refractivity contribution in [3.63, 3.8) is 0 Å². The molecular weight excluding hydrogens is 258 g/mol. The summed E-state index contributed by atoms with van der Waals surface area (Å²) in [6, 6.07) is 7.90. The van der Waals surface area contributed by atoms with Crippen LogP contribution in [-0.4, -0.2) is 22.6 Å². The van der Waals surface area contributed by atoms with Crippen LogP contribution in [0.2, 0.25) is 0 Å². The maximum atomic E-state index is 12.0. The Balaban J connectivity index is 2.22. The first kappa shape index (κ1) is 13.4. The Hall–Kier alpha value is -1.99. The van der Waals surface area contributed by atoms with Crippen molar-refractivity contribution in [2.24, 2.45) is 0 Å². The van der Waals surface area contributed by atoms with Crippen molar-refractivity contribution >= 4 is 29.0 Å². The summed E-state index contributed by atoms with van der Waals surface area (Å²) in [4.78, 5) is 25.1. The van der Waals surface area contributed by atoms with E-state index in [0.29, 0.717) is 4.91 Å². The molecule has 2 rings (SSSR count). The summed E-state index contributed by atoms with van der Waals surface area (Å²) in [6.07, 6.45) is 7.83. The largest absolute Gasteiger partial charge is 0.294 e. The molecule has 1 aromatic carbocycles. The van der Waals surface area contributed by atoms with Crippen molar-refractivity contribution in [1.29, 1.82) is 0 Å². The minimum Gasteiger partial charge on any atom is -0.268 e. The zero-order chi connectivity index (χ0) is 13.8. The van der Waals surface area contributed by atoms with Crippen molar-refractivity contribution in [3.05, 3.63) is 40.3 Å². The van der Waals surface area contributed by atoms with Crippen molar-refractivity contribution in [2.75, 3.05) is 6.54 Å². The van der Waals surface area contributed by atoms with E-state index in [2.05, 4.69) is 12.8 Å². The Morgan fingerprint density at radius 1 is 1.32 bits per heavy atom. The molecule has 0 saturated carbocycles. The number of carbonyl (C=O) groups is 2. The molecule has 1 aromatic rings. The molecule has 0 atom stereocenters. The van der Waals surface area contributed by atoms with Crippen molar-refractivity contribution < 1.29 is 9.59 Å². The Morgan fingerprint density at radius 2 is 2.00 bits per heavy atom. The second kappa shape index (κ2) is 5.77. The molecule has 19 heavy (non-hydrogen) atoms. The number of nitrogens with zero attached hydrogens (tertiary/aromatic N) is 1. The number of aryl methyl sites for hydroxylation is 1. The molecule has 2 amide bonds. The number of hydrogen-bond acceptors (Lipinski definition) is 3. The highest BCUT2D eigenvalue weighted by atomic mass is 32.2. The molecule has 0 aliphatic carbocycles. The van der Waals surface area contributed by atoms with E-state index in [0.717, 1.165) is 28.6 Å². The molecule has 1 fully saturated rings. The minimum absolute atomic E-state index is 0.0246. The smallest absolute Gasteiger partial charge is 0.268 e. The summed E-state index contributed by atoms with van der Waals surface area (Å²) in [5.74, 6) is 2.00. The molecule has 3 nitrogen and oxygen atoms in total. The normalized spacial score (nSPS) is 17.1. The van der Waals surface area contributed by atoms with Gasteiger partial charge in [-0.1, -0.05) is 37.1 Å². The summed E-state index contributed by atoms with van der Waals surface area (Å²) in [7, 11) is 0. The minimum atomic E-state index is -0.312. The first-order valence-corrected chi connectivity index (χ1v) is 6.75. The Morgan fingerprint density at radius 3 is 2.58 bits per heavy atom. The summed E-state index contributed by atoms with van der Waals surface area (Å²) in [5, 5.41) is -0.306. The van der Waals surface area contributed by atoms with Crippen LogP contribution < -0.4 is 0 Å². The van der Waals surface area contributed by atoms with Crippen LogP contribution in [0.5, 0.6) is 0 Å². The van der Waals surface area contributed by atoms with Crippen molar-refractivity contribution in [2.45, 2.75) is 13.3 Å². The first-order valence-electron chi connectivity index (χ1n) is 5.93. The zero-order valence-electron chi connectivity index (χ0n) is 10.6. The van der Waals surface area contributed by atoms with Gasteiger partial charge in [-0.05, 0) is 35.4 Å². The number of imide groups is 1. The van der Waals surface area contributed by atoms with Crippen LogP contribution in [0.25, 0.3) is 6.08 Å². The summed E-state index contributed by atoms with van der Waals surface area (Å²) in [6.45, 7) is 2.11. The summed E-state index contributed by atoms with van der Waals surface area (Å²) >= 11 is 0.930. The van der Waals surface area contributed by atoms with Crippen LogP contribution in [0, 0.1) is 12.3 Å². The predicted molar refractivity (Wildman–Crippen MR) is 77.3 cm³/mol. The maximum absolute atomic E-state index is 12.0. The fourth-order valence-corrected chi connectivity index (χ4v) is 2.57. The Kier molecular flexibility index (Phi) is 4.08. The number of amides is 2. The van der Waals surface area contributed by atoms with Gasteiger partial charge in [-0.25, -0.2) is 0 Å². The van der Waals surface area contributed by atoms with Gasteiger partial charge >= 0.3 is 0 Å². The van der Waals surface area contributed by atoms with Gasteiger partial charge in [0.1, 0.15) is 0 Å². The lowest BCUT2D eigenvalue weighted by Gasteiger charge is -2.06. The van der Waals surface area contributed by atoms with Crippen LogP contribution >= 0.6 is 11.8 Å². The van der Waals surface area contributed by atoms with Gasteiger partial charge in [0.05, 0.1) is 11.4 Å².